The van der Waals surface area contributed by atoms with Gasteiger partial charge in [0.15, 0.2) is 17.5 Å². The van der Waals surface area contributed by atoms with E-state index in [1.165, 1.54) is 10.1 Å². The van der Waals surface area contributed by atoms with Crippen LogP contribution in [-0.4, -0.2) is 50.9 Å². The van der Waals surface area contributed by atoms with Gasteiger partial charge in [0, 0.05) is 53.3 Å². The molecule has 8 radical (unpaired) electrons. The maximum Gasteiger partial charge on any atom is 0.165 e. The number of hydrogen-bond acceptors (Lipinski definition) is 4. The van der Waals surface area contributed by atoms with Crippen molar-refractivity contribution in [2.45, 2.75) is 0 Å². The number of thiophene rings is 1. The van der Waals surface area contributed by atoms with Crippen molar-refractivity contribution in [3.05, 3.63) is 121 Å². The SMILES string of the molecule is [B]c1c([B])c(-n2c3ccccc3c3ccccc32)c([B])c([B])c1-c1nc(-c2ccccc2)nc(-c2cccc3c2sc2ccccc23)n1. The first-order chi connectivity index (χ1) is 23.5. The molecule has 0 N–H and O–H groups in total. The Hall–Kier alpha value is -5.39. The molecule has 4 nitrogen and oxygen atoms in total. The summed E-state index contributed by atoms with van der Waals surface area (Å²) in [5, 5.41) is 4.46. The molecule has 6 aromatic carbocycles. The molecule has 9 heteroatoms. The third-order valence-corrected chi connectivity index (χ3v) is 10.2. The summed E-state index contributed by atoms with van der Waals surface area (Å²) in [5.74, 6) is 1.27. The van der Waals surface area contributed by atoms with Gasteiger partial charge in [-0.3, -0.25) is 0 Å². The van der Waals surface area contributed by atoms with Gasteiger partial charge < -0.3 is 4.57 Å². The maximum absolute atomic E-state index is 6.93. The van der Waals surface area contributed by atoms with E-state index in [-0.39, 0.29) is 21.9 Å². The van der Waals surface area contributed by atoms with Gasteiger partial charge in [0.05, 0.1) is 11.0 Å². The molecule has 0 aliphatic heterocycles. The summed E-state index contributed by atoms with van der Waals surface area (Å²) in [7, 11) is 27.7. The second-order valence-corrected chi connectivity index (χ2v) is 12.8. The molecule has 0 bridgehead atoms. The Morgan fingerprint density at radius 2 is 1.00 bits per heavy atom. The van der Waals surface area contributed by atoms with Crippen LogP contribution < -0.4 is 21.9 Å². The molecule has 3 heterocycles. The van der Waals surface area contributed by atoms with Crippen molar-refractivity contribution in [3.8, 4) is 39.9 Å². The molecule has 0 spiro atoms. The zero-order valence-corrected chi connectivity index (χ0v) is 26.4. The first-order valence-electron chi connectivity index (χ1n) is 15.5. The van der Waals surface area contributed by atoms with Gasteiger partial charge >= 0.3 is 0 Å². The van der Waals surface area contributed by atoms with Crippen molar-refractivity contribution < 1.29 is 0 Å². The van der Waals surface area contributed by atoms with Crippen molar-refractivity contribution in [1.82, 2.24) is 19.5 Å². The Kier molecular flexibility index (Phi) is 6.66. The molecule has 0 aliphatic carbocycles. The number of hydrogen-bond donors (Lipinski definition) is 0. The van der Waals surface area contributed by atoms with Gasteiger partial charge in [0.1, 0.15) is 31.4 Å². The van der Waals surface area contributed by atoms with Crippen LogP contribution in [0.2, 0.25) is 0 Å². The van der Waals surface area contributed by atoms with Crippen LogP contribution in [-0.2, 0) is 0 Å². The Morgan fingerprint density at radius 1 is 0.458 bits per heavy atom. The number of para-hydroxylation sites is 2. The van der Waals surface area contributed by atoms with Crippen molar-refractivity contribution in [2.24, 2.45) is 0 Å². The zero-order valence-electron chi connectivity index (χ0n) is 25.6. The number of benzene rings is 6. The van der Waals surface area contributed by atoms with Crippen molar-refractivity contribution >= 4 is 107 Å². The van der Waals surface area contributed by atoms with Crippen LogP contribution in [0.25, 0.3) is 81.8 Å². The van der Waals surface area contributed by atoms with E-state index >= 15 is 0 Å². The fraction of sp³-hybridized carbons (Fsp3) is 0. The van der Waals surface area contributed by atoms with Gasteiger partial charge in [0.25, 0.3) is 0 Å². The monoisotopic (exact) mass is 620 g/mol. The second-order valence-electron chi connectivity index (χ2n) is 11.7. The highest BCUT2D eigenvalue weighted by Gasteiger charge is 2.23. The Bertz CT molecular complexity index is 2650. The normalized spacial score (nSPS) is 11.7. The second kappa shape index (κ2) is 11.1. The predicted molar refractivity (Wildman–Crippen MR) is 205 cm³/mol. The average molecular weight is 620 g/mol. The summed E-state index contributed by atoms with van der Waals surface area (Å²) in [5.41, 5.74) is 5.56. The lowest BCUT2D eigenvalue weighted by molar-refractivity contribution is 1.08. The van der Waals surface area contributed by atoms with E-state index in [2.05, 4.69) is 42.5 Å². The van der Waals surface area contributed by atoms with Crippen LogP contribution in [0, 0.1) is 0 Å². The largest absolute Gasteiger partial charge is 0.310 e. The Morgan fingerprint density at radius 3 is 1.69 bits per heavy atom. The molecule has 48 heavy (non-hydrogen) atoms. The van der Waals surface area contributed by atoms with Crippen LogP contribution in [0.3, 0.4) is 0 Å². The molecule has 0 saturated heterocycles. The molecule has 0 unspecified atom stereocenters. The van der Waals surface area contributed by atoms with Crippen LogP contribution >= 0.6 is 11.3 Å². The van der Waals surface area contributed by atoms with E-state index < -0.39 is 0 Å². The molecule has 0 saturated carbocycles. The standard InChI is InChI=1S/C39H20B4N4S/c40-31-30(32(41)34(43)35(33(31)42)47-27-18-7-4-13-22(27)23-14-5-8-19-28(23)47)39-45-37(21-11-2-1-3-12-21)44-38(46-39)26-17-10-16-25-24-15-6-9-20-29(24)48-36(25)26/h1-20H. The highest BCUT2D eigenvalue weighted by atomic mass is 32.1. The van der Waals surface area contributed by atoms with E-state index in [0.717, 1.165) is 43.0 Å². The molecule has 9 rings (SSSR count). The molecule has 0 fully saturated rings. The molecule has 0 aliphatic rings. The van der Waals surface area contributed by atoms with E-state index in [1.807, 2.05) is 83.4 Å². The zero-order chi connectivity index (χ0) is 32.5. The molecule has 9 aromatic rings. The quantitative estimate of drug-likeness (QED) is 0.244. The van der Waals surface area contributed by atoms with Crippen molar-refractivity contribution in [1.29, 1.82) is 0 Å². The number of aromatic nitrogens is 4. The number of fused-ring (bicyclic) bond motifs is 6. The summed E-state index contributed by atoms with van der Waals surface area (Å²) in [6, 6.07) is 40.6. The van der Waals surface area contributed by atoms with Crippen molar-refractivity contribution in [2.75, 3.05) is 0 Å². The fourth-order valence-corrected chi connectivity index (χ4v) is 7.92. The van der Waals surface area contributed by atoms with Gasteiger partial charge in [-0.2, -0.15) is 0 Å². The number of nitrogens with zero attached hydrogens (tertiary/aromatic N) is 4. The fourth-order valence-electron chi connectivity index (χ4n) is 6.71. The lowest BCUT2D eigenvalue weighted by atomic mass is 9.65. The topological polar surface area (TPSA) is 43.6 Å². The van der Waals surface area contributed by atoms with E-state index in [0.29, 0.717) is 28.7 Å². The van der Waals surface area contributed by atoms with Crippen LogP contribution in [0.1, 0.15) is 0 Å². The van der Waals surface area contributed by atoms with E-state index in [9.17, 15) is 0 Å². The molecule has 214 valence electrons. The highest BCUT2D eigenvalue weighted by Crippen LogP contribution is 2.39. The summed E-state index contributed by atoms with van der Waals surface area (Å²) in [6.45, 7) is 0. The van der Waals surface area contributed by atoms with E-state index in [1.54, 1.807) is 11.3 Å². The van der Waals surface area contributed by atoms with Crippen LogP contribution in [0.5, 0.6) is 0 Å². The molecule has 0 atom stereocenters. The highest BCUT2D eigenvalue weighted by molar-refractivity contribution is 7.26. The van der Waals surface area contributed by atoms with Crippen LogP contribution in [0.4, 0.5) is 0 Å². The lowest BCUT2D eigenvalue weighted by Crippen LogP contribution is -2.46. The minimum absolute atomic E-state index is 0.245. The van der Waals surface area contributed by atoms with Crippen LogP contribution in [0.15, 0.2) is 121 Å². The summed E-state index contributed by atoms with van der Waals surface area (Å²) >= 11 is 1.71. The van der Waals surface area contributed by atoms with Crippen molar-refractivity contribution in [3.63, 3.8) is 0 Å². The van der Waals surface area contributed by atoms with Gasteiger partial charge in [-0.1, -0.05) is 119 Å². The summed E-state index contributed by atoms with van der Waals surface area (Å²) < 4.78 is 4.30. The van der Waals surface area contributed by atoms with Gasteiger partial charge in [-0.05, 0) is 24.3 Å². The predicted octanol–water partition coefficient (Wildman–Crippen LogP) is 5.51. The Labute approximate surface area is 286 Å². The molecular weight excluding hydrogens is 600 g/mol. The number of rotatable bonds is 4. The first-order valence-corrected chi connectivity index (χ1v) is 16.3. The molecule has 3 aromatic heterocycles. The third-order valence-electron chi connectivity index (χ3n) is 8.97. The smallest absolute Gasteiger partial charge is 0.165 e. The minimum Gasteiger partial charge on any atom is -0.310 e. The van der Waals surface area contributed by atoms with E-state index in [4.69, 9.17) is 46.3 Å². The minimum atomic E-state index is 0.245. The lowest BCUT2D eigenvalue weighted by Gasteiger charge is -2.24. The third kappa shape index (κ3) is 4.31. The summed E-state index contributed by atoms with van der Waals surface area (Å²) in [6.07, 6.45) is 0. The maximum atomic E-state index is 6.93. The summed E-state index contributed by atoms with van der Waals surface area (Å²) in [4.78, 5) is 14.9. The molecular formula is C39H20B4N4S. The van der Waals surface area contributed by atoms with Gasteiger partial charge in [-0.15, -0.1) is 11.3 Å². The molecule has 0 amide bonds. The average Bonchev–Trinajstić information content (AvgIpc) is 3.68. The van der Waals surface area contributed by atoms with Gasteiger partial charge in [0.2, 0.25) is 0 Å². The first kappa shape index (κ1) is 28.8. The van der Waals surface area contributed by atoms with Gasteiger partial charge in [-0.25, -0.2) is 15.0 Å². The Balaban J connectivity index is 1.31.